The molecule has 0 aliphatic heterocycles. The molecule has 19 heavy (non-hydrogen) atoms. The number of nitro groups is 1. The minimum Gasteiger partial charge on any atom is -0.440 e. The zero-order valence-corrected chi connectivity index (χ0v) is 11.7. The van der Waals surface area contributed by atoms with E-state index in [9.17, 15) is 14.9 Å². The van der Waals surface area contributed by atoms with Gasteiger partial charge in [0.05, 0.1) is 6.54 Å². The molecular formula is C13H20N2O4. The molecule has 0 N–H and O–H groups in total. The first kappa shape index (κ1) is 16.9. The highest BCUT2D eigenvalue weighted by molar-refractivity contribution is 5.66. The number of carbonyl (C=O) groups excluding carboxylic acids is 1. The van der Waals surface area contributed by atoms with Crippen molar-refractivity contribution in [2.24, 2.45) is 0 Å². The van der Waals surface area contributed by atoms with Gasteiger partial charge in [-0.2, -0.15) is 0 Å². The summed E-state index contributed by atoms with van der Waals surface area (Å²) in [7, 11) is 0. The molecule has 6 nitrogen and oxygen atoms in total. The fraction of sp³-hybridized carbons (Fsp3) is 0.462. The number of hydrogen-bond donors (Lipinski definition) is 0. The molecular weight excluding hydrogens is 248 g/mol. The number of rotatable bonds is 2. The van der Waals surface area contributed by atoms with Crippen LogP contribution < -0.4 is 0 Å². The van der Waals surface area contributed by atoms with E-state index in [1.165, 1.54) is 6.92 Å². The maximum absolute atomic E-state index is 11.1. The first-order valence-corrected chi connectivity index (χ1v) is 5.92. The molecule has 0 bridgehead atoms. The highest BCUT2D eigenvalue weighted by Crippen LogP contribution is 2.09. The molecule has 1 amide bonds. The molecule has 0 heterocycles. The number of amides is 1. The maximum Gasteiger partial charge on any atom is 0.468 e. The zero-order valence-electron chi connectivity index (χ0n) is 11.7. The van der Waals surface area contributed by atoms with Gasteiger partial charge in [-0.1, -0.05) is 36.4 Å². The smallest absolute Gasteiger partial charge is 0.440 e. The number of hydrogen-bond acceptors (Lipinski definition) is 4. The van der Waals surface area contributed by atoms with Gasteiger partial charge < -0.3 is 4.74 Å². The molecule has 0 fully saturated rings. The second-order valence-corrected chi connectivity index (χ2v) is 4.59. The van der Waals surface area contributed by atoms with Gasteiger partial charge in [0.25, 0.3) is 0 Å². The third-order valence-corrected chi connectivity index (χ3v) is 1.77. The van der Waals surface area contributed by atoms with Crippen LogP contribution in [0.1, 0.15) is 27.7 Å². The lowest BCUT2D eigenvalue weighted by atomic mass is 10.2. The second-order valence-electron chi connectivity index (χ2n) is 4.59. The van der Waals surface area contributed by atoms with Crippen LogP contribution in [0.15, 0.2) is 36.4 Å². The summed E-state index contributed by atoms with van der Waals surface area (Å²) >= 11 is 0. The van der Waals surface area contributed by atoms with Crippen LogP contribution in [0.4, 0.5) is 4.79 Å². The Morgan fingerprint density at radius 3 is 1.74 bits per heavy atom. The molecule has 1 aromatic carbocycles. The van der Waals surface area contributed by atoms with Crippen molar-refractivity contribution in [3.05, 3.63) is 46.5 Å². The lowest BCUT2D eigenvalue weighted by molar-refractivity contribution is -0.635. The lowest BCUT2D eigenvalue weighted by Crippen LogP contribution is -2.40. The molecule has 0 spiro atoms. The largest absolute Gasteiger partial charge is 0.468 e. The Kier molecular flexibility index (Phi) is 7.18. The molecule has 1 rings (SSSR count). The van der Waals surface area contributed by atoms with E-state index in [0.29, 0.717) is 5.01 Å². The highest BCUT2D eigenvalue weighted by atomic mass is 16.7. The van der Waals surface area contributed by atoms with E-state index < -0.39 is 16.7 Å². The molecule has 0 aliphatic rings. The lowest BCUT2D eigenvalue weighted by Gasteiger charge is -2.20. The normalized spacial score (nSPS) is 9.89. The summed E-state index contributed by atoms with van der Waals surface area (Å²) in [5, 5.41) is 9.93. The van der Waals surface area contributed by atoms with Gasteiger partial charge in [-0.25, -0.2) is 14.9 Å². The van der Waals surface area contributed by atoms with Gasteiger partial charge in [-0.3, -0.25) is 0 Å². The summed E-state index contributed by atoms with van der Waals surface area (Å²) in [6.07, 6.45) is -0.931. The van der Waals surface area contributed by atoms with Crippen molar-refractivity contribution in [1.82, 2.24) is 5.01 Å². The number of nitrogens with zero attached hydrogens (tertiary/aromatic N) is 2. The van der Waals surface area contributed by atoms with Crippen LogP contribution in [0.25, 0.3) is 0 Å². The standard InChI is InChI=1S/C7H14N2O4.C6H6/c1-5-8(9(11)12)6(10)13-7(2,3)4;1-2-4-6-5-3-1/h5H2,1-4H3;1-6H. The van der Waals surface area contributed by atoms with E-state index in [1.54, 1.807) is 20.8 Å². The van der Waals surface area contributed by atoms with Crippen molar-refractivity contribution in [2.75, 3.05) is 6.54 Å². The van der Waals surface area contributed by atoms with Gasteiger partial charge in [0.1, 0.15) is 5.60 Å². The summed E-state index contributed by atoms with van der Waals surface area (Å²) in [4.78, 5) is 21.4. The van der Waals surface area contributed by atoms with Crippen LogP contribution in [-0.4, -0.2) is 28.3 Å². The molecule has 0 aliphatic carbocycles. The molecule has 106 valence electrons. The third-order valence-electron chi connectivity index (χ3n) is 1.77. The van der Waals surface area contributed by atoms with Crippen LogP contribution >= 0.6 is 0 Å². The van der Waals surface area contributed by atoms with Gasteiger partial charge in [0.15, 0.2) is 5.03 Å². The average molecular weight is 268 g/mol. The number of hydrazine groups is 1. The molecule has 0 saturated carbocycles. The summed E-state index contributed by atoms with van der Waals surface area (Å²) in [5.74, 6) is 0. The van der Waals surface area contributed by atoms with E-state index in [2.05, 4.69) is 0 Å². The SMILES string of the molecule is CCN(C(=O)OC(C)(C)C)[N+](=O)[O-].c1ccccc1. The second kappa shape index (κ2) is 8.07. The van der Waals surface area contributed by atoms with Crippen LogP contribution in [0, 0.1) is 10.1 Å². The summed E-state index contributed by atoms with van der Waals surface area (Å²) < 4.78 is 4.80. The monoisotopic (exact) mass is 268 g/mol. The van der Waals surface area contributed by atoms with E-state index in [0.717, 1.165) is 0 Å². The van der Waals surface area contributed by atoms with Gasteiger partial charge in [0.2, 0.25) is 0 Å². The topological polar surface area (TPSA) is 72.7 Å². The van der Waals surface area contributed by atoms with Gasteiger partial charge in [-0.15, -0.1) is 0 Å². The van der Waals surface area contributed by atoms with E-state index in [-0.39, 0.29) is 6.54 Å². The van der Waals surface area contributed by atoms with Crippen molar-refractivity contribution >= 4 is 6.09 Å². The number of ether oxygens (including phenoxy) is 1. The van der Waals surface area contributed by atoms with Gasteiger partial charge >= 0.3 is 6.09 Å². The fourth-order valence-electron chi connectivity index (χ4n) is 1.01. The Morgan fingerprint density at radius 2 is 1.53 bits per heavy atom. The van der Waals surface area contributed by atoms with Crippen molar-refractivity contribution in [3.8, 4) is 0 Å². The number of carbonyl (C=O) groups is 1. The van der Waals surface area contributed by atoms with Crippen LogP contribution in [-0.2, 0) is 4.74 Å². The Hall–Kier alpha value is -2.11. The average Bonchev–Trinajstić information content (AvgIpc) is 2.30. The maximum atomic E-state index is 11.1. The summed E-state index contributed by atoms with van der Waals surface area (Å²) in [6.45, 7) is 6.45. The van der Waals surface area contributed by atoms with Crippen LogP contribution in [0.2, 0.25) is 0 Å². The van der Waals surface area contributed by atoms with Crippen molar-refractivity contribution in [2.45, 2.75) is 33.3 Å². The van der Waals surface area contributed by atoms with E-state index in [4.69, 9.17) is 4.74 Å². The quantitative estimate of drug-likeness (QED) is 0.610. The zero-order chi connectivity index (χ0) is 14.9. The van der Waals surface area contributed by atoms with Crippen molar-refractivity contribution in [3.63, 3.8) is 0 Å². The Morgan fingerprint density at radius 1 is 1.16 bits per heavy atom. The molecule has 0 atom stereocenters. The minimum absolute atomic E-state index is 0.0120. The van der Waals surface area contributed by atoms with E-state index in [1.807, 2.05) is 36.4 Å². The van der Waals surface area contributed by atoms with E-state index >= 15 is 0 Å². The van der Waals surface area contributed by atoms with Crippen molar-refractivity contribution in [1.29, 1.82) is 0 Å². The van der Waals surface area contributed by atoms with Gasteiger partial charge in [0, 0.05) is 0 Å². The highest BCUT2D eigenvalue weighted by Gasteiger charge is 2.28. The predicted molar refractivity (Wildman–Crippen MR) is 72.1 cm³/mol. The molecule has 0 unspecified atom stereocenters. The predicted octanol–water partition coefficient (Wildman–Crippen LogP) is 3.12. The molecule has 0 radical (unpaired) electrons. The summed E-state index contributed by atoms with van der Waals surface area (Å²) in [6, 6.07) is 12.0. The Bertz CT molecular complexity index is 361. The molecule has 0 aromatic heterocycles. The molecule has 1 aromatic rings. The van der Waals surface area contributed by atoms with Crippen molar-refractivity contribution < 1.29 is 14.6 Å². The summed E-state index contributed by atoms with van der Waals surface area (Å²) in [5.41, 5.74) is -0.708. The first-order chi connectivity index (χ1) is 8.78. The third kappa shape index (κ3) is 8.59. The Balaban J connectivity index is 0.000000443. The van der Waals surface area contributed by atoms with Crippen LogP contribution in [0.5, 0.6) is 0 Å². The molecule has 0 saturated heterocycles. The molecule has 6 heteroatoms. The Labute approximate surface area is 113 Å². The van der Waals surface area contributed by atoms with Gasteiger partial charge in [-0.05, 0) is 32.7 Å². The fourth-order valence-corrected chi connectivity index (χ4v) is 1.01. The first-order valence-electron chi connectivity index (χ1n) is 5.92. The number of benzene rings is 1. The van der Waals surface area contributed by atoms with Crippen LogP contribution in [0.3, 0.4) is 0 Å². The minimum atomic E-state index is -0.931.